The first-order valence-corrected chi connectivity index (χ1v) is 12.8. The molecule has 0 atom stereocenters. The Morgan fingerprint density at radius 2 is 1.90 bits per heavy atom. The van der Waals surface area contributed by atoms with Gasteiger partial charge in [0.25, 0.3) is 0 Å². The number of carbonyl (C=O) groups excluding carboxylic acids is 1. The normalized spacial score (nSPS) is 13.7. The fourth-order valence-electron chi connectivity index (χ4n) is 4.63. The van der Waals surface area contributed by atoms with Crippen molar-refractivity contribution in [3.05, 3.63) is 72.9 Å². The molecule has 1 fully saturated rings. The van der Waals surface area contributed by atoms with Gasteiger partial charge >= 0.3 is 6.03 Å². The summed E-state index contributed by atoms with van der Waals surface area (Å²) in [6, 6.07) is 15.5. The van der Waals surface area contributed by atoms with Crippen LogP contribution in [0.15, 0.2) is 67.4 Å². The first-order chi connectivity index (χ1) is 18.9. The third kappa shape index (κ3) is 5.04. The average molecular weight is 524 g/mol. The molecule has 0 unspecified atom stereocenters. The van der Waals surface area contributed by atoms with E-state index in [2.05, 4.69) is 30.3 Å². The lowest BCUT2D eigenvalue weighted by molar-refractivity contribution is 0.215. The molecule has 2 amide bonds. The van der Waals surface area contributed by atoms with Crippen LogP contribution in [0, 0.1) is 6.92 Å². The number of nitrogens with zero attached hydrogens (tertiary/aromatic N) is 8. The zero-order chi connectivity index (χ0) is 26.9. The van der Waals surface area contributed by atoms with Crippen LogP contribution in [-0.4, -0.2) is 80.7 Å². The molecule has 0 saturated carbocycles. The molecule has 5 aromatic rings. The predicted octanol–water partition coefficient (Wildman–Crippen LogP) is 4.32. The number of benzene rings is 2. The van der Waals surface area contributed by atoms with Gasteiger partial charge in [-0.25, -0.2) is 24.3 Å². The smallest absolute Gasteiger partial charge is 0.324 e. The van der Waals surface area contributed by atoms with Crippen molar-refractivity contribution in [1.29, 1.82) is 0 Å². The number of hydrogen-bond acceptors (Lipinski definition) is 8. The highest BCUT2D eigenvalue weighted by atomic mass is 16.5. The number of nitrogens with one attached hydrogen (secondary N) is 1. The Hall–Kier alpha value is -4.77. The van der Waals surface area contributed by atoms with Gasteiger partial charge in [0.1, 0.15) is 30.0 Å². The molecule has 3 aromatic heterocycles. The highest BCUT2D eigenvalue weighted by Gasteiger charge is 2.29. The SMILES string of the molecule is Cc1cc(Nc2ncnc3ccc(N4CCN(CCN(C)C)C4=O)cc23)ccc1Oc1ccn2ncnc2c1. The van der Waals surface area contributed by atoms with Crippen LogP contribution in [-0.2, 0) is 0 Å². The number of hydrogen-bond donors (Lipinski definition) is 1. The van der Waals surface area contributed by atoms with E-state index in [9.17, 15) is 4.79 Å². The molecule has 6 rings (SSSR count). The van der Waals surface area contributed by atoms with Crippen molar-refractivity contribution < 1.29 is 9.53 Å². The highest BCUT2D eigenvalue weighted by molar-refractivity contribution is 5.99. The third-order valence-corrected chi connectivity index (χ3v) is 6.76. The Balaban J connectivity index is 1.21. The fourth-order valence-corrected chi connectivity index (χ4v) is 4.63. The molecular weight excluding hydrogens is 494 g/mol. The van der Waals surface area contributed by atoms with E-state index in [0.717, 1.165) is 45.8 Å². The number of likely N-dealkylation sites (N-methyl/N-ethyl adjacent to an activating group) is 1. The van der Waals surface area contributed by atoms with Gasteiger partial charge < -0.3 is 19.9 Å². The van der Waals surface area contributed by atoms with Gasteiger partial charge in [0.2, 0.25) is 0 Å². The largest absolute Gasteiger partial charge is 0.457 e. The molecule has 0 radical (unpaired) electrons. The van der Waals surface area contributed by atoms with Crippen LogP contribution >= 0.6 is 0 Å². The zero-order valence-corrected chi connectivity index (χ0v) is 22.1. The molecule has 1 N–H and O–H groups in total. The number of anilines is 3. The highest BCUT2D eigenvalue weighted by Crippen LogP contribution is 2.32. The molecule has 1 aliphatic rings. The van der Waals surface area contributed by atoms with Crippen LogP contribution in [0.5, 0.6) is 11.5 Å². The van der Waals surface area contributed by atoms with E-state index in [0.29, 0.717) is 31.2 Å². The molecule has 11 heteroatoms. The summed E-state index contributed by atoms with van der Waals surface area (Å²) in [5, 5.41) is 8.38. The monoisotopic (exact) mass is 523 g/mol. The van der Waals surface area contributed by atoms with Gasteiger partial charge in [0.15, 0.2) is 5.65 Å². The summed E-state index contributed by atoms with van der Waals surface area (Å²) in [6.45, 7) is 4.90. The number of amides is 2. The van der Waals surface area contributed by atoms with Crippen molar-refractivity contribution in [3.63, 3.8) is 0 Å². The van der Waals surface area contributed by atoms with E-state index in [1.54, 1.807) is 10.8 Å². The van der Waals surface area contributed by atoms with Crippen molar-refractivity contribution in [3.8, 4) is 11.5 Å². The lowest BCUT2D eigenvalue weighted by Gasteiger charge is -2.20. The Morgan fingerprint density at radius 3 is 2.74 bits per heavy atom. The second kappa shape index (κ2) is 10.2. The summed E-state index contributed by atoms with van der Waals surface area (Å²) in [5.74, 6) is 2.10. The molecule has 0 spiro atoms. The van der Waals surface area contributed by atoms with E-state index in [1.807, 2.05) is 85.5 Å². The minimum Gasteiger partial charge on any atom is -0.457 e. The maximum Gasteiger partial charge on any atom is 0.324 e. The number of urea groups is 1. The molecule has 198 valence electrons. The van der Waals surface area contributed by atoms with Crippen LogP contribution in [0.3, 0.4) is 0 Å². The maximum atomic E-state index is 13.0. The summed E-state index contributed by atoms with van der Waals surface area (Å²) in [5.41, 5.74) is 4.18. The topological polar surface area (TPSA) is 104 Å². The van der Waals surface area contributed by atoms with Crippen molar-refractivity contribution in [2.75, 3.05) is 50.5 Å². The molecule has 2 aromatic carbocycles. The number of fused-ring (bicyclic) bond motifs is 2. The average Bonchev–Trinajstić information content (AvgIpc) is 3.55. The van der Waals surface area contributed by atoms with E-state index >= 15 is 0 Å². The lowest BCUT2D eigenvalue weighted by atomic mass is 10.1. The molecular formula is C28H29N9O2. The fraction of sp³-hybridized carbons (Fsp3) is 0.250. The first-order valence-electron chi connectivity index (χ1n) is 12.8. The van der Waals surface area contributed by atoms with Crippen LogP contribution in [0.1, 0.15) is 5.56 Å². The van der Waals surface area contributed by atoms with Gasteiger partial charge in [-0.2, -0.15) is 5.10 Å². The van der Waals surface area contributed by atoms with E-state index < -0.39 is 0 Å². The first kappa shape index (κ1) is 24.6. The molecule has 4 heterocycles. The Kier molecular flexibility index (Phi) is 6.41. The molecule has 0 bridgehead atoms. The molecule has 11 nitrogen and oxygen atoms in total. The lowest BCUT2D eigenvalue weighted by Crippen LogP contribution is -2.36. The van der Waals surface area contributed by atoms with E-state index in [4.69, 9.17) is 4.74 Å². The number of aryl methyl sites for hydroxylation is 1. The van der Waals surface area contributed by atoms with Crippen LogP contribution in [0.4, 0.5) is 22.0 Å². The maximum absolute atomic E-state index is 13.0. The van der Waals surface area contributed by atoms with Gasteiger partial charge in [0, 0.05) is 55.2 Å². The zero-order valence-electron chi connectivity index (χ0n) is 22.1. The van der Waals surface area contributed by atoms with Crippen molar-refractivity contribution in [2.45, 2.75) is 6.92 Å². The summed E-state index contributed by atoms with van der Waals surface area (Å²) < 4.78 is 7.79. The van der Waals surface area contributed by atoms with Crippen LogP contribution in [0.2, 0.25) is 0 Å². The van der Waals surface area contributed by atoms with Crippen LogP contribution in [0.25, 0.3) is 16.6 Å². The molecule has 39 heavy (non-hydrogen) atoms. The summed E-state index contributed by atoms with van der Waals surface area (Å²) in [7, 11) is 4.02. The number of ether oxygens (including phenoxy) is 1. The minimum atomic E-state index is 0.0249. The quantitative estimate of drug-likeness (QED) is 0.321. The third-order valence-electron chi connectivity index (χ3n) is 6.76. The van der Waals surface area contributed by atoms with Crippen LogP contribution < -0.4 is 15.0 Å². The number of rotatable bonds is 8. The van der Waals surface area contributed by atoms with E-state index in [-0.39, 0.29) is 6.03 Å². The van der Waals surface area contributed by atoms with Gasteiger partial charge in [-0.1, -0.05) is 0 Å². The summed E-state index contributed by atoms with van der Waals surface area (Å²) in [6.07, 6.45) is 4.86. The molecule has 1 aliphatic heterocycles. The van der Waals surface area contributed by atoms with Gasteiger partial charge in [0.05, 0.1) is 5.52 Å². The number of aromatic nitrogens is 5. The second-order valence-corrected chi connectivity index (χ2v) is 9.78. The Bertz CT molecular complexity index is 1670. The number of pyridine rings is 1. The van der Waals surface area contributed by atoms with Crippen molar-refractivity contribution in [1.82, 2.24) is 34.4 Å². The Morgan fingerprint density at radius 1 is 1.00 bits per heavy atom. The number of carbonyl (C=O) groups is 1. The van der Waals surface area contributed by atoms with Gasteiger partial charge in [-0.05, 0) is 69.0 Å². The summed E-state index contributed by atoms with van der Waals surface area (Å²) in [4.78, 5) is 32.0. The Labute approximate surface area is 225 Å². The predicted molar refractivity (Wildman–Crippen MR) is 150 cm³/mol. The van der Waals surface area contributed by atoms with Gasteiger partial charge in [-0.15, -0.1) is 0 Å². The van der Waals surface area contributed by atoms with E-state index in [1.165, 1.54) is 6.33 Å². The molecule has 0 aliphatic carbocycles. The second-order valence-electron chi connectivity index (χ2n) is 9.78. The van der Waals surface area contributed by atoms with Gasteiger partial charge in [-0.3, -0.25) is 4.90 Å². The summed E-state index contributed by atoms with van der Waals surface area (Å²) >= 11 is 0. The minimum absolute atomic E-state index is 0.0249. The standard InChI is InChI=1S/C28H29N9O2/c1-19-14-20(4-7-25(19)39-22-8-9-37-26(16-22)30-18-32-37)33-27-23-15-21(5-6-24(23)29-17-31-27)36-13-12-35(28(36)38)11-10-34(2)3/h4-9,14-18H,10-13H2,1-3H3,(H,29,31,33). The van der Waals surface area contributed by atoms with Crippen molar-refractivity contribution >= 4 is 39.8 Å². The van der Waals surface area contributed by atoms with Crippen molar-refractivity contribution in [2.24, 2.45) is 0 Å². The molecule has 1 saturated heterocycles.